The summed E-state index contributed by atoms with van der Waals surface area (Å²) in [6, 6.07) is 0. The van der Waals surface area contributed by atoms with Gasteiger partial charge in [0.2, 0.25) is 0 Å². The Bertz CT molecular complexity index is 312. The Labute approximate surface area is 87.1 Å². The standard InChI is InChI=1S/C13H18B/c1-14-13-5-4-8(13)11-9-6-2-3-7(6)10(9)12(11)13/h6-12H,2-5H2,1H3. The van der Waals surface area contributed by atoms with E-state index in [1.165, 1.54) is 41.4 Å². The summed E-state index contributed by atoms with van der Waals surface area (Å²) >= 11 is 0. The molecule has 5 aliphatic carbocycles. The van der Waals surface area contributed by atoms with Gasteiger partial charge >= 0.3 is 0 Å². The van der Waals surface area contributed by atoms with Crippen LogP contribution in [0.1, 0.15) is 25.7 Å². The molecule has 1 heteroatoms. The van der Waals surface area contributed by atoms with E-state index in [0.717, 1.165) is 5.31 Å². The zero-order valence-corrected chi connectivity index (χ0v) is 8.95. The van der Waals surface area contributed by atoms with Crippen LogP contribution in [0.5, 0.6) is 0 Å². The van der Waals surface area contributed by atoms with Crippen LogP contribution in [0, 0.1) is 41.4 Å². The first-order valence-corrected chi connectivity index (χ1v) is 6.69. The number of rotatable bonds is 1. The Morgan fingerprint density at radius 1 is 1.00 bits per heavy atom. The fourth-order valence-electron chi connectivity index (χ4n) is 6.61. The third-order valence-electron chi connectivity index (χ3n) is 7.29. The smallest absolute Gasteiger partial charge is 0.0914 e. The van der Waals surface area contributed by atoms with Crippen LogP contribution in [0.2, 0.25) is 12.1 Å². The molecule has 1 radical (unpaired) electrons. The molecule has 5 aliphatic rings. The number of hydrogen-bond donors (Lipinski definition) is 0. The molecular formula is C13H18B. The first-order valence-electron chi connectivity index (χ1n) is 6.69. The zero-order chi connectivity index (χ0) is 9.08. The van der Waals surface area contributed by atoms with Crippen molar-refractivity contribution in [3.63, 3.8) is 0 Å². The Kier molecular flexibility index (Phi) is 0.972. The average Bonchev–Trinajstić information content (AvgIpc) is 2.13. The van der Waals surface area contributed by atoms with E-state index in [9.17, 15) is 0 Å². The lowest BCUT2D eigenvalue weighted by atomic mass is 9.11. The van der Waals surface area contributed by atoms with Gasteiger partial charge in [-0.2, -0.15) is 0 Å². The summed E-state index contributed by atoms with van der Waals surface area (Å²) in [6.07, 6.45) is 6.33. The zero-order valence-electron chi connectivity index (χ0n) is 8.95. The van der Waals surface area contributed by atoms with Gasteiger partial charge in [-0.1, -0.05) is 25.0 Å². The van der Waals surface area contributed by atoms with Crippen LogP contribution in [0.15, 0.2) is 0 Å². The molecule has 0 aromatic heterocycles. The van der Waals surface area contributed by atoms with E-state index in [1.807, 2.05) is 0 Å². The highest BCUT2D eigenvalue weighted by atomic mass is 14.8. The summed E-state index contributed by atoms with van der Waals surface area (Å²) in [5, 5.41) is 0.798. The van der Waals surface area contributed by atoms with Gasteiger partial charge in [0.15, 0.2) is 0 Å². The van der Waals surface area contributed by atoms with Crippen molar-refractivity contribution >= 4 is 7.28 Å². The summed E-state index contributed by atoms with van der Waals surface area (Å²) in [4.78, 5) is 0. The lowest BCUT2D eigenvalue weighted by Crippen LogP contribution is -2.81. The molecule has 0 heterocycles. The topological polar surface area (TPSA) is 0 Å². The van der Waals surface area contributed by atoms with Crippen LogP contribution in [0.25, 0.3) is 0 Å². The van der Waals surface area contributed by atoms with Crippen LogP contribution in [0.4, 0.5) is 0 Å². The first kappa shape index (κ1) is 7.36. The van der Waals surface area contributed by atoms with E-state index in [0.29, 0.717) is 0 Å². The summed E-state index contributed by atoms with van der Waals surface area (Å²) in [6.45, 7) is 2.34. The highest BCUT2D eigenvalue weighted by Gasteiger charge is 2.82. The maximum absolute atomic E-state index is 2.60. The highest BCUT2D eigenvalue weighted by Crippen LogP contribution is 2.89. The molecule has 5 fully saturated rings. The van der Waals surface area contributed by atoms with Gasteiger partial charge in [-0.3, -0.25) is 0 Å². The van der Waals surface area contributed by atoms with Crippen LogP contribution in [0.3, 0.4) is 0 Å². The molecule has 0 aromatic carbocycles. The Morgan fingerprint density at radius 3 is 2.36 bits per heavy atom. The number of hydrogen-bond acceptors (Lipinski definition) is 0. The Morgan fingerprint density at radius 2 is 1.79 bits per heavy atom. The monoisotopic (exact) mass is 185 g/mol. The maximum Gasteiger partial charge on any atom is 0.115 e. The first-order chi connectivity index (χ1) is 6.88. The predicted molar refractivity (Wildman–Crippen MR) is 57.2 cm³/mol. The van der Waals surface area contributed by atoms with Crippen LogP contribution < -0.4 is 0 Å². The van der Waals surface area contributed by atoms with E-state index in [-0.39, 0.29) is 0 Å². The van der Waals surface area contributed by atoms with Crippen molar-refractivity contribution in [3.05, 3.63) is 0 Å². The second-order valence-electron chi connectivity index (χ2n) is 6.71. The molecule has 0 nitrogen and oxygen atoms in total. The second kappa shape index (κ2) is 1.85. The van der Waals surface area contributed by atoms with Gasteiger partial charge in [0, 0.05) is 0 Å². The molecule has 0 aliphatic heterocycles. The normalized spacial score (nSPS) is 75.4. The van der Waals surface area contributed by atoms with E-state index in [2.05, 4.69) is 14.1 Å². The summed E-state index contributed by atoms with van der Waals surface area (Å²) in [5.41, 5.74) is 0. The molecule has 0 bridgehead atoms. The van der Waals surface area contributed by atoms with Gasteiger partial charge < -0.3 is 0 Å². The maximum atomic E-state index is 2.60. The largest absolute Gasteiger partial charge is 0.115 e. The van der Waals surface area contributed by atoms with E-state index in [4.69, 9.17) is 0 Å². The third-order valence-corrected chi connectivity index (χ3v) is 7.29. The fourth-order valence-corrected chi connectivity index (χ4v) is 6.61. The summed E-state index contributed by atoms with van der Waals surface area (Å²) in [5.74, 6) is 8.52. The van der Waals surface area contributed by atoms with Gasteiger partial charge in [-0.05, 0) is 54.3 Å². The van der Waals surface area contributed by atoms with Gasteiger partial charge in [0.05, 0.1) is 0 Å². The van der Waals surface area contributed by atoms with Crippen molar-refractivity contribution in [1.29, 1.82) is 0 Å². The van der Waals surface area contributed by atoms with Crippen LogP contribution in [-0.2, 0) is 0 Å². The minimum Gasteiger partial charge on any atom is -0.0914 e. The molecule has 0 N–H and O–H groups in total. The highest BCUT2D eigenvalue weighted by molar-refractivity contribution is 6.39. The van der Waals surface area contributed by atoms with Crippen molar-refractivity contribution in [2.45, 2.75) is 37.8 Å². The predicted octanol–water partition coefficient (Wildman–Crippen LogP) is 2.84. The van der Waals surface area contributed by atoms with Crippen LogP contribution >= 0.6 is 0 Å². The Balaban J connectivity index is 1.51. The molecular weight excluding hydrogens is 167 g/mol. The van der Waals surface area contributed by atoms with Crippen molar-refractivity contribution in [2.24, 2.45) is 41.4 Å². The molecule has 0 saturated heterocycles. The number of fused-ring (bicyclic) bond motifs is 10. The molecule has 14 heavy (non-hydrogen) atoms. The SMILES string of the molecule is C[B]C12CCC1C1C3C4CCC4C3C12. The molecule has 0 spiro atoms. The van der Waals surface area contributed by atoms with Crippen molar-refractivity contribution in [2.75, 3.05) is 0 Å². The lowest BCUT2D eigenvalue weighted by molar-refractivity contribution is -0.353. The van der Waals surface area contributed by atoms with Gasteiger partial charge in [0.25, 0.3) is 0 Å². The fraction of sp³-hybridized carbons (Fsp3) is 1.00. The summed E-state index contributed by atoms with van der Waals surface area (Å²) < 4.78 is 0. The minimum absolute atomic E-state index is 0.798. The molecule has 73 valence electrons. The third kappa shape index (κ3) is 0.438. The molecule has 0 aromatic rings. The van der Waals surface area contributed by atoms with E-state index < -0.39 is 0 Å². The lowest BCUT2D eigenvalue weighted by Gasteiger charge is -2.88. The van der Waals surface area contributed by atoms with E-state index in [1.54, 1.807) is 25.7 Å². The van der Waals surface area contributed by atoms with Gasteiger partial charge in [0.1, 0.15) is 7.28 Å². The minimum atomic E-state index is 0.798. The molecule has 8 atom stereocenters. The van der Waals surface area contributed by atoms with Gasteiger partial charge in [-0.15, -0.1) is 0 Å². The molecule has 5 rings (SSSR count). The molecule has 5 saturated carbocycles. The second-order valence-corrected chi connectivity index (χ2v) is 6.71. The average molecular weight is 185 g/mol. The molecule has 8 unspecified atom stereocenters. The van der Waals surface area contributed by atoms with Crippen molar-refractivity contribution in [3.8, 4) is 0 Å². The Hall–Kier alpha value is 0.0649. The van der Waals surface area contributed by atoms with Crippen LogP contribution in [-0.4, -0.2) is 7.28 Å². The quantitative estimate of drug-likeness (QED) is 0.435. The van der Waals surface area contributed by atoms with E-state index >= 15 is 0 Å². The van der Waals surface area contributed by atoms with Gasteiger partial charge in [-0.25, -0.2) is 0 Å². The van der Waals surface area contributed by atoms with Crippen molar-refractivity contribution in [1.82, 2.24) is 0 Å². The summed E-state index contributed by atoms with van der Waals surface area (Å²) in [7, 11) is 2.60. The van der Waals surface area contributed by atoms with Crippen molar-refractivity contribution < 1.29 is 0 Å². The molecule has 0 amide bonds.